The van der Waals surface area contributed by atoms with Crippen molar-refractivity contribution in [3.05, 3.63) is 29.3 Å². The van der Waals surface area contributed by atoms with Gasteiger partial charge < -0.3 is 5.11 Å². The molecule has 0 fully saturated rings. The number of hydrogen-bond acceptors (Lipinski definition) is 2. The van der Waals surface area contributed by atoms with Gasteiger partial charge in [-0.2, -0.15) is 0 Å². The Bertz CT molecular complexity index is 316. The van der Waals surface area contributed by atoms with Crippen molar-refractivity contribution in [2.75, 3.05) is 0 Å². The van der Waals surface area contributed by atoms with Gasteiger partial charge in [0, 0.05) is 12.0 Å². The third kappa shape index (κ3) is 1.89. The van der Waals surface area contributed by atoms with Crippen LogP contribution in [0.15, 0.2) is 18.2 Å². The summed E-state index contributed by atoms with van der Waals surface area (Å²) in [5.41, 5.74) is 1.76. The van der Waals surface area contributed by atoms with Gasteiger partial charge in [0.2, 0.25) is 0 Å². The summed E-state index contributed by atoms with van der Waals surface area (Å²) in [6.45, 7) is 4.00. The number of fused-ring (bicyclic) bond motifs is 1. The van der Waals surface area contributed by atoms with E-state index in [0.29, 0.717) is 12.0 Å². The second-order valence-corrected chi connectivity index (χ2v) is 2.76. The van der Waals surface area contributed by atoms with E-state index in [4.69, 9.17) is 5.11 Å². The predicted molar refractivity (Wildman–Crippen MR) is 52.1 cm³/mol. The molecule has 0 bridgehead atoms. The molecule has 0 heterocycles. The number of hydrogen-bond donors (Lipinski definition) is 1. The van der Waals surface area contributed by atoms with E-state index in [0.717, 1.165) is 12.0 Å². The molecule has 2 rings (SSSR count). The molecule has 0 aliphatic heterocycles. The first-order valence-electron chi connectivity index (χ1n) is 4.62. The van der Waals surface area contributed by atoms with Crippen LogP contribution < -0.4 is 0 Å². The van der Waals surface area contributed by atoms with Crippen molar-refractivity contribution in [2.45, 2.75) is 26.7 Å². The zero-order chi connectivity index (χ0) is 9.84. The molecule has 2 nitrogen and oxygen atoms in total. The van der Waals surface area contributed by atoms with Gasteiger partial charge in [-0.05, 0) is 24.1 Å². The average Bonchev–Trinajstić information content (AvgIpc) is 2.52. The second-order valence-electron chi connectivity index (χ2n) is 2.76. The van der Waals surface area contributed by atoms with Crippen molar-refractivity contribution in [1.29, 1.82) is 0 Å². The lowest BCUT2D eigenvalue weighted by Gasteiger charge is -1.96. The second kappa shape index (κ2) is 4.08. The summed E-state index contributed by atoms with van der Waals surface area (Å²) < 4.78 is 0. The molecule has 0 saturated heterocycles. The Kier molecular flexibility index (Phi) is 3.07. The topological polar surface area (TPSA) is 37.3 Å². The summed E-state index contributed by atoms with van der Waals surface area (Å²) in [5.74, 6) is 0.329. The summed E-state index contributed by atoms with van der Waals surface area (Å²) in [4.78, 5) is 11.1. The zero-order valence-corrected chi connectivity index (χ0v) is 8.00. The van der Waals surface area contributed by atoms with Crippen LogP contribution in [0.2, 0.25) is 0 Å². The first kappa shape index (κ1) is 9.78. The van der Waals surface area contributed by atoms with E-state index < -0.39 is 0 Å². The maximum atomic E-state index is 11.1. The number of rotatable bonds is 0. The van der Waals surface area contributed by atoms with Crippen molar-refractivity contribution in [1.82, 2.24) is 0 Å². The van der Waals surface area contributed by atoms with E-state index in [2.05, 4.69) is 0 Å². The number of benzene rings is 1. The van der Waals surface area contributed by atoms with Crippen LogP contribution in [0.5, 0.6) is 5.75 Å². The lowest BCUT2D eigenvalue weighted by atomic mass is 10.1. The molecule has 1 aromatic rings. The number of phenols is 1. The third-order valence-electron chi connectivity index (χ3n) is 2.02. The first-order chi connectivity index (χ1) is 6.27. The van der Waals surface area contributed by atoms with E-state index in [1.807, 2.05) is 19.9 Å². The molecule has 0 unspecified atom stereocenters. The van der Waals surface area contributed by atoms with E-state index in [-0.39, 0.29) is 11.5 Å². The standard InChI is InChI=1S/C9H8O2.C2H6/c10-7-3-1-6-2-4-9(11)8(6)5-7;1-2/h1,3,5,10H,2,4H2;1-2H3. The molecular formula is C11H14O2. The van der Waals surface area contributed by atoms with Crippen LogP contribution in [0.3, 0.4) is 0 Å². The molecule has 0 atom stereocenters. The highest BCUT2D eigenvalue weighted by Gasteiger charge is 2.18. The first-order valence-corrected chi connectivity index (χ1v) is 4.62. The third-order valence-corrected chi connectivity index (χ3v) is 2.02. The highest BCUT2D eigenvalue weighted by molar-refractivity contribution is 6.00. The molecule has 1 aliphatic rings. The van der Waals surface area contributed by atoms with Crippen molar-refractivity contribution in [3.8, 4) is 5.75 Å². The molecule has 1 N–H and O–H groups in total. The van der Waals surface area contributed by atoms with Crippen molar-refractivity contribution in [3.63, 3.8) is 0 Å². The summed E-state index contributed by atoms with van der Waals surface area (Å²) >= 11 is 0. The molecule has 0 amide bonds. The van der Waals surface area contributed by atoms with Crippen molar-refractivity contribution in [2.24, 2.45) is 0 Å². The van der Waals surface area contributed by atoms with Crippen LogP contribution in [-0.2, 0) is 6.42 Å². The molecule has 1 aromatic carbocycles. The monoisotopic (exact) mass is 178 g/mol. The summed E-state index contributed by atoms with van der Waals surface area (Å²) in [6.07, 6.45) is 1.42. The Morgan fingerprint density at radius 1 is 1.23 bits per heavy atom. The van der Waals surface area contributed by atoms with E-state index in [1.165, 1.54) is 0 Å². The fourth-order valence-electron chi connectivity index (χ4n) is 1.42. The molecule has 0 aromatic heterocycles. The molecular weight excluding hydrogens is 164 g/mol. The Morgan fingerprint density at radius 3 is 2.62 bits per heavy atom. The van der Waals surface area contributed by atoms with Gasteiger partial charge in [0.05, 0.1) is 0 Å². The van der Waals surface area contributed by atoms with Crippen LogP contribution in [0.1, 0.15) is 36.2 Å². The van der Waals surface area contributed by atoms with Gasteiger partial charge in [0.15, 0.2) is 5.78 Å². The number of aryl methyl sites for hydroxylation is 1. The Morgan fingerprint density at radius 2 is 1.92 bits per heavy atom. The molecule has 1 aliphatic carbocycles. The van der Waals surface area contributed by atoms with Crippen LogP contribution >= 0.6 is 0 Å². The van der Waals surface area contributed by atoms with Gasteiger partial charge in [0.1, 0.15) is 5.75 Å². The minimum absolute atomic E-state index is 0.149. The lowest BCUT2D eigenvalue weighted by molar-refractivity contribution is 0.0994. The van der Waals surface area contributed by atoms with Crippen molar-refractivity contribution >= 4 is 5.78 Å². The number of phenolic OH excluding ortho intramolecular Hbond substituents is 1. The highest BCUT2D eigenvalue weighted by Crippen LogP contribution is 2.24. The van der Waals surface area contributed by atoms with Gasteiger partial charge in [-0.15, -0.1) is 0 Å². The summed E-state index contributed by atoms with van der Waals surface area (Å²) in [5, 5.41) is 9.06. The van der Waals surface area contributed by atoms with Gasteiger partial charge in [0.25, 0.3) is 0 Å². The smallest absolute Gasteiger partial charge is 0.163 e. The number of aromatic hydroxyl groups is 1. The van der Waals surface area contributed by atoms with Gasteiger partial charge in [-0.1, -0.05) is 19.9 Å². The Labute approximate surface area is 78.2 Å². The van der Waals surface area contributed by atoms with Crippen molar-refractivity contribution < 1.29 is 9.90 Å². The number of ketones is 1. The molecule has 0 saturated carbocycles. The van der Waals surface area contributed by atoms with E-state index in [1.54, 1.807) is 12.1 Å². The van der Waals surface area contributed by atoms with Crippen LogP contribution in [-0.4, -0.2) is 10.9 Å². The minimum Gasteiger partial charge on any atom is -0.508 e. The van der Waals surface area contributed by atoms with Crippen LogP contribution in [0, 0.1) is 0 Å². The molecule has 13 heavy (non-hydrogen) atoms. The zero-order valence-electron chi connectivity index (χ0n) is 8.00. The molecule has 70 valence electrons. The lowest BCUT2D eigenvalue weighted by Crippen LogP contribution is -1.89. The highest BCUT2D eigenvalue weighted by atomic mass is 16.3. The van der Waals surface area contributed by atoms with E-state index >= 15 is 0 Å². The Hall–Kier alpha value is -1.31. The largest absolute Gasteiger partial charge is 0.508 e. The van der Waals surface area contributed by atoms with Gasteiger partial charge in [-0.25, -0.2) is 0 Å². The quantitative estimate of drug-likeness (QED) is 0.662. The fraction of sp³-hybridized carbons (Fsp3) is 0.364. The maximum absolute atomic E-state index is 11.1. The maximum Gasteiger partial charge on any atom is 0.163 e. The number of Topliss-reactive ketones (excluding diaryl/α,β-unsaturated/α-hetero) is 1. The number of carbonyl (C=O) groups is 1. The van der Waals surface area contributed by atoms with Gasteiger partial charge >= 0.3 is 0 Å². The van der Waals surface area contributed by atoms with E-state index in [9.17, 15) is 4.79 Å². The van der Waals surface area contributed by atoms with Crippen LogP contribution in [0.4, 0.5) is 0 Å². The van der Waals surface area contributed by atoms with Gasteiger partial charge in [-0.3, -0.25) is 4.79 Å². The molecule has 2 heteroatoms. The molecule has 0 radical (unpaired) electrons. The normalized spacial score (nSPS) is 13.2. The fourth-order valence-corrected chi connectivity index (χ4v) is 1.42. The number of carbonyl (C=O) groups excluding carboxylic acids is 1. The summed E-state index contributed by atoms with van der Waals surface area (Å²) in [7, 11) is 0. The molecule has 0 spiro atoms. The summed E-state index contributed by atoms with van der Waals surface area (Å²) in [6, 6.07) is 4.98. The predicted octanol–water partition coefficient (Wildman–Crippen LogP) is 2.55. The SMILES string of the molecule is CC.O=C1CCc2ccc(O)cc21. The Balaban J connectivity index is 0.000000396. The van der Waals surface area contributed by atoms with Crippen LogP contribution in [0.25, 0.3) is 0 Å². The average molecular weight is 178 g/mol. The minimum atomic E-state index is 0.149.